The molecule has 1 heterocycles. The van der Waals surface area contributed by atoms with Gasteiger partial charge in [-0.25, -0.2) is 9.18 Å². The first-order valence-corrected chi connectivity index (χ1v) is 13.8. The second-order valence-corrected chi connectivity index (χ2v) is 9.67. The van der Waals surface area contributed by atoms with Crippen LogP contribution in [0.15, 0.2) is 102 Å². The molecule has 0 saturated heterocycles. The summed E-state index contributed by atoms with van der Waals surface area (Å²) in [6.07, 6.45) is 2.95. The average molecular weight is 593 g/mol. The standard InChI is InChI=1S/C35H29FN2O6/c1-3-41-32-18-23(11-16-30(32)42-21-24-6-4-5-7-29(24)36)34-27-15-14-26(19-31(27)44-35(38)28(34)20-37)43-33(39)17-10-22-8-12-25(40-2)13-9-22/h4-19,34H,3,21,38H2,1-2H3/b17-10+. The first-order chi connectivity index (χ1) is 21.4. The lowest BCUT2D eigenvalue weighted by molar-refractivity contribution is -0.128. The number of carbonyl (C=O) groups excluding carboxylic acids is 1. The van der Waals surface area contributed by atoms with Crippen LogP contribution in [0, 0.1) is 17.1 Å². The maximum atomic E-state index is 14.1. The third-order valence-corrected chi connectivity index (χ3v) is 6.88. The van der Waals surface area contributed by atoms with Gasteiger partial charge in [-0.1, -0.05) is 42.5 Å². The number of carbonyl (C=O) groups is 1. The molecule has 2 N–H and O–H groups in total. The summed E-state index contributed by atoms with van der Waals surface area (Å²) in [7, 11) is 1.58. The molecule has 4 aromatic carbocycles. The number of halogens is 1. The van der Waals surface area contributed by atoms with E-state index in [1.54, 1.807) is 79.9 Å². The van der Waals surface area contributed by atoms with Gasteiger partial charge < -0.3 is 29.4 Å². The van der Waals surface area contributed by atoms with Crippen LogP contribution >= 0.6 is 0 Å². The van der Waals surface area contributed by atoms with Gasteiger partial charge in [0.15, 0.2) is 11.5 Å². The highest BCUT2D eigenvalue weighted by molar-refractivity contribution is 5.88. The van der Waals surface area contributed by atoms with Gasteiger partial charge in [0, 0.05) is 23.3 Å². The fourth-order valence-corrected chi connectivity index (χ4v) is 4.73. The number of rotatable bonds is 10. The summed E-state index contributed by atoms with van der Waals surface area (Å²) in [5, 5.41) is 9.99. The van der Waals surface area contributed by atoms with E-state index in [0.717, 1.165) is 5.56 Å². The van der Waals surface area contributed by atoms with E-state index >= 15 is 0 Å². The van der Waals surface area contributed by atoms with Crippen LogP contribution in [-0.4, -0.2) is 19.7 Å². The predicted molar refractivity (Wildman–Crippen MR) is 162 cm³/mol. The lowest BCUT2D eigenvalue weighted by atomic mass is 9.83. The zero-order valence-corrected chi connectivity index (χ0v) is 24.1. The van der Waals surface area contributed by atoms with Gasteiger partial charge in [0.2, 0.25) is 5.88 Å². The number of hydrogen-bond acceptors (Lipinski definition) is 8. The molecule has 0 aliphatic carbocycles. The van der Waals surface area contributed by atoms with Crippen LogP contribution in [0.1, 0.15) is 35.1 Å². The number of methoxy groups -OCH3 is 1. The van der Waals surface area contributed by atoms with Crippen molar-refractivity contribution in [2.45, 2.75) is 19.4 Å². The molecule has 0 spiro atoms. The van der Waals surface area contributed by atoms with Crippen LogP contribution in [0.5, 0.6) is 28.7 Å². The van der Waals surface area contributed by atoms with Gasteiger partial charge in [-0.3, -0.25) is 0 Å². The van der Waals surface area contributed by atoms with Gasteiger partial charge in [0.1, 0.15) is 41.3 Å². The number of benzene rings is 4. The summed E-state index contributed by atoms with van der Waals surface area (Å²) in [5.74, 6) is 0.545. The Balaban J connectivity index is 1.39. The quantitative estimate of drug-likeness (QED) is 0.124. The third-order valence-electron chi connectivity index (χ3n) is 6.88. The molecule has 0 aromatic heterocycles. The normalized spacial score (nSPS) is 13.9. The molecular weight excluding hydrogens is 563 g/mol. The molecule has 9 heteroatoms. The van der Waals surface area contributed by atoms with Crippen molar-refractivity contribution in [3.63, 3.8) is 0 Å². The molecule has 0 amide bonds. The van der Waals surface area contributed by atoms with Crippen molar-refractivity contribution in [1.29, 1.82) is 5.26 Å². The molecule has 0 radical (unpaired) electrons. The molecule has 222 valence electrons. The Bertz CT molecular complexity index is 1780. The van der Waals surface area contributed by atoms with Gasteiger partial charge in [0.25, 0.3) is 0 Å². The molecule has 8 nitrogen and oxygen atoms in total. The number of fused-ring (bicyclic) bond motifs is 1. The second-order valence-electron chi connectivity index (χ2n) is 9.67. The zero-order valence-electron chi connectivity index (χ0n) is 24.1. The van der Waals surface area contributed by atoms with Crippen molar-refractivity contribution in [2.75, 3.05) is 13.7 Å². The minimum Gasteiger partial charge on any atom is -0.497 e. The van der Waals surface area contributed by atoms with Crippen molar-refractivity contribution in [2.24, 2.45) is 5.73 Å². The summed E-state index contributed by atoms with van der Waals surface area (Å²) in [4.78, 5) is 12.5. The van der Waals surface area contributed by atoms with Crippen LogP contribution in [0.4, 0.5) is 4.39 Å². The molecule has 1 aliphatic rings. The molecule has 44 heavy (non-hydrogen) atoms. The zero-order chi connectivity index (χ0) is 31.1. The van der Waals surface area contributed by atoms with E-state index in [2.05, 4.69) is 6.07 Å². The molecule has 0 saturated carbocycles. The number of nitrogens with zero attached hydrogens (tertiary/aromatic N) is 1. The summed E-state index contributed by atoms with van der Waals surface area (Å²) in [6, 6.07) is 25.9. The maximum Gasteiger partial charge on any atom is 0.336 e. The highest BCUT2D eigenvalue weighted by Crippen LogP contribution is 2.45. The Kier molecular flexibility index (Phi) is 9.11. The lowest BCUT2D eigenvalue weighted by Crippen LogP contribution is -2.21. The Morgan fingerprint density at radius 1 is 1.00 bits per heavy atom. The smallest absolute Gasteiger partial charge is 0.336 e. The van der Waals surface area contributed by atoms with Crippen molar-refractivity contribution >= 4 is 12.0 Å². The van der Waals surface area contributed by atoms with E-state index in [1.807, 2.05) is 19.1 Å². The lowest BCUT2D eigenvalue weighted by Gasteiger charge is -2.27. The van der Waals surface area contributed by atoms with Gasteiger partial charge in [-0.2, -0.15) is 5.26 Å². The molecule has 4 aromatic rings. The molecule has 5 rings (SSSR count). The van der Waals surface area contributed by atoms with E-state index in [4.69, 9.17) is 29.4 Å². The van der Waals surface area contributed by atoms with E-state index in [1.165, 1.54) is 12.1 Å². The van der Waals surface area contributed by atoms with Crippen LogP contribution < -0.4 is 29.4 Å². The molecule has 1 unspecified atom stereocenters. The van der Waals surface area contributed by atoms with Crippen LogP contribution in [0.25, 0.3) is 6.08 Å². The van der Waals surface area contributed by atoms with Gasteiger partial charge in [0.05, 0.1) is 19.6 Å². The molecular formula is C35H29FN2O6. The minimum absolute atomic E-state index is 0.0132. The van der Waals surface area contributed by atoms with Crippen molar-refractivity contribution in [1.82, 2.24) is 0 Å². The van der Waals surface area contributed by atoms with E-state index < -0.39 is 11.9 Å². The van der Waals surface area contributed by atoms with Crippen LogP contribution in [0.2, 0.25) is 0 Å². The Morgan fingerprint density at radius 3 is 2.50 bits per heavy atom. The molecule has 1 atom stereocenters. The van der Waals surface area contributed by atoms with Crippen molar-refractivity contribution in [3.8, 4) is 34.8 Å². The van der Waals surface area contributed by atoms with Crippen molar-refractivity contribution in [3.05, 3.63) is 131 Å². The fourth-order valence-electron chi connectivity index (χ4n) is 4.73. The number of nitriles is 1. The first kappa shape index (κ1) is 29.7. The SMILES string of the molecule is CCOc1cc(C2C(C#N)=C(N)Oc3cc(OC(=O)/C=C/c4ccc(OC)cc4)ccc32)ccc1OCc1ccccc1F. The summed E-state index contributed by atoms with van der Waals surface area (Å²) >= 11 is 0. The predicted octanol–water partition coefficient (Wildman–Crippen LogP) is 6.65. The summed E-state index contributed by atoms with van der Waals surface area (Å²) < 4.78 is 42.3. The number of ether oxygens (including phenoxy) is 5. The topological polar surface area (TPSA) is 113 Å². The van der Waals surface area contributed by atoms with E-state index in [0.29, 0.717) is 46.3 Å². The van der Waals surface area contributed by atoms with Crippen LogP contribution in [0.3, 0.4) is 0 Å². The first-order valence-electron chi connectivity index (χ1n) is 13.8. The highest BCUT2D eigenvalue weighted by Gasteiger charge is 2.32. The molecule has 0 bridgehead atoms. The van der Waals surface area contributed by atoms with Gasteiger partial charge in [-0.15, -0.1) is 0 Å². The number of nitrogens with two attached hydrogens (primary N) is 1. The van der Waals surface area contributed by atoms with Crippen molar-refractivity contribution < 1.29 is 32.9 Å². The average Bonchev–Trinajstić information content (AvgIpc) is 3.03. The highest BCUT2D eigenvalue weighted by atomic mass is 19.1. The molecule has 0 fully saturated rings. The van der Waals surface area contributed by atoms with Crippen LogP contribution in [-0.2, 0) is 11.4 Å². The summed E-state index contributed by atoms with van der Waals surface area (Å²) in [5.41, 5.74) is 8.95. The van der Waals surface area contributed by atoms with Gasteiger partial charge in [-0.05, 0) is 60.5 Å². The summed E-state index contributed by atoms with van der Waals surface area (Å²) in [6.45, 7) is 2.21. The Hall–Kier alpha value is -5.75. The number of allylic oxidation sites excluding steroid dienone is 1. The number of hydrogen-bond donors (Lipinski definition) is 1. The molecule has 1 aliphatic heterocycles. The fraction of sp³-hybridized carbons (Fsp3) is 0.143. The van der Waals surface area contributed by atoms with E-state index in [-0.39, 0.29) is 29.6 Å². The monoisotopic (exact) mass is 592 g/mol. The largest absolute Gasteiger partial charge is 0.497 e. The van der Waals surface area contributed by atoms with Gasteiger partial charge >= 0.3 is 5.97 Å². The third kappa shape index (κ3) is 6.66. The Morgan fingerprint density at radius 2 is 1.77 bits per heavy atom. The maximum absolute atomic E-state index is 14.1. The minimum atomic E-state index is -0.594. The number of esters is 1. The van der Waals surface area contributed by atoms with E-state index in [9.17, 15) is 14.4 Å². The Labute approximate surface area is 254 Å². The second kappa shape index (κ2) is 13.5.